The van der Waals surface area contributed by atoms with E-state index in [0.29, 0.717) is 27.7 Å². The number of hydrogen-bond acceptors (Lipinski definition) is 5. The molecule has 17 heavy (non-hydrogen) atoms. The van der Waals surface area contributed by atoms with Gasteiger partial charge in [-0.3, -0.25) is 0 Å². The van der Waals surface area contributed by atoms with Crippen LogP contribution in [-0.2, 0) is 0 Å². The van der Waals surface area contributed by atoms with Crippen LogP contribution in [-0.4, -0.2) is 33.0 Å². The van der Waals surface area contributed by atoms with E-state index in [1.165, 1.54) is 19.3 Å². The lowest BCUT2D eigenvalue weighted by Gasteiger charge is -2.26. The van der Waals surface area contributed by atoms with Gasteiger partial charge < -0.3 is 20.6 Å². The molecule has 7 heteroatoms. The second-order valence-corrected chi connectivity index (χ2v) is 4.67. The van der Waals surface area contributed by atoms with E-state index in [0.717, 1.165) is 13.1 Å². The first-order valence-corrected chi connectivity index (χ1v) is 6.15. The lowest BCUT2D eigenvalue weighted by molar-refractivity contribution is 0.569. The van der Waals surface area contributed by atoms with Gasteiger partial charge in [-0.15, -0.1) is 0 Å². The molecule has 2 aromatic heterocycles. The number of nitrogens with two attached hydrogens (primary N) is 1. The van der Waals surface area contributed by atoms with Crippen LogP contribution in [0.4, 0.5) is 11.8 Å². The van der Waals surface area contributed by atoms with Crippen molar-refractivity contribution < 1.29 is 0 Å². The fourth-order valence-corrected chi connectivity index (χ4v) is 2.37. The molecule has 4 N–H and O–H groups in total. The van der Waals surface area contributed by atoms with E-state index in [2.05, 4.69) is 24.8 Å². The predicted octanol–water partition coefficient (Wildman–Crippen LogP) is 1.59. The number of imidazole rings is 1. The van der Waals surface area contributed by atoms with Crippen LogP contribution in [0.25, 0.3) is 11.2 Å². The van der Waals surface area contributed by atoms with Gasteiger partial charge in [-0.2, -0.15) is 9.97 Å². The average Bonchev–Trinajstić information content (AvgIpc) is 2.71. The van der Waals surface area contributed by atoms with Crippen LogP contribution in [0.15, 0.2) is 0 Å². The summed E-state index contributed by atoms with van der Waals surface area (Å²) in [5.74, 6) is 1.14. The van der Waals surface area contributed by atoms with Crippen LogP contribution in [0.3, 0.4) is 0 Å². The van der Waals surface area contributed by atoms with Crippen LogP contribution in [0.5, 0.6) is 0 Å². The number of fused-ring (bicyclic) bond motifs is 1. The molecule has 0 unspecified atom stereocenters. The number of rotatable bonds is 1. The zero-order chi connectivity index (χ0) is 11.8. The predicted molar refractivity (Wildman–Crippen MR) is 69.5 cm³/mol. The summed E-state index contributed by atoms with van der Waals surface area (Å²) in [6, 6.07) is 0. The SMILES string of the molecule is Nc1nc(N2CCCCC2)nc2[nH]c(=S)[nH]c12. The largest absolute Gasteiger partial charge is 0.382 e. The molecule has 3 rings (SSSR count). The van der Waals surface area contributed by atoms with Gasteiger partial charge in [0, 0.05) is 13.1 Å². The highest BCUT2D eigenvalue weighted by Gasteiger charge is 2.16. The van der Waals surface area contributed by atoms with Crippen LogP contribution in [0, 0.1) is 4.77 Å². The molecule has 0 radical (unpaired) electrons. The van der Waals surface area contributed by atoms with E-state index in [4.69, 9.17) is 18.0 Å². The van der Waals surface area contributed by atoms with Crippen molar-refractivity contribution in [3.05, 3.63) is 4.77 Å². The Morgan fingerprint density at radius 2 is 1.88 bits per heavy atom. The van der Waals surface area contributed by atoms with Gasteiger partial charge in [0.05, 0.1) is 0 Å². The maximum Gasteiger partial charge on any atom is 0.229 e. The Balaban J connectivity index is 2.07. The summed E-state index contributed by atoms with van der Waals surface area (Å²) in [7, 11) is 0. The third-order valence-electron chi connectivity index (χ3n) is 3.03. The van der Waals surface area contributed by atoms with Crippen molar-refractivity contribution in [2.75, 3.05) is 23.7 Å². The first-order valence-electron chi connectivity index (χ1n) is 5.74. The van der Waals surface area contributed by atoms with Gasteiger partial charge in [0.1, 0.15) is 5.52 Å². The smallest absolute Gasteiger partial charge is 0.229 e. The molecule has 1 aliphatic rings. The number of hydrogen-bond donors (Lipinski definition) is 3. The number of nitrogens with one attached hydrogen (secondary N) is 2. The van der Waals surface area contributed by atoms with Crippen molar-refractivity contribution in [1.82, 2.24) is 19.9 Å². The van der Waals surface area contributed by atoms with E-state index >= 15 is 0 Å². The second-order valence-electron chi connectivity index (χ2n) is 4.26. The summed E-state index contributed by atoms with van der Waals surface area (Å²) in [6.45, 7) is 1.99. The molecule has 0 spiro atoms. The maximum atomic E-state index is 5.90. The number of aromatic amines is 2. The minimum absolute atomic E-state index is 0.447. The van der Waals surface area contributed by atoms with Crippen molar-refractivity contribution in [3.8, 4) is 0 Å². The number of piperidine rings is 1. The Kier molecular flexibility index (Phi) is 2.47. The summed E-state index contributed by atoms with van der Waals surface area (Å²) in [5, 5.41) is 0. The zero-order valence-corrected chi connectivity index (χ0v) is 10.2. The highest BCUT2D eigenvalue weighted by Crippen LogP contribution is 2.21. The lowest BCUT2D eigenvalue weighted by atomic mass is 10.1. The van der Waals surface area contributed by atoms with Crippen LogP contribution in [0.2, 0.25) is 0 Å². The number of anilines is 2. The Hall–Kier alpha value is -1.63. The molecule has 0 bridgehead atoms. The van der Waals surface area contributed by atoms with Gasteiger partial charge in [-0.25, -0.2) is 0 Å². The minimum Gasteiger partial charge on any atom is -0.382 e. The third-order valence-corrected chi connectivity index (χ3v) is 3.24. The molecular formula is C10H14N6S. The molecular weight excluding hydrogens is 236 g/mol. The van der Waals surface area contributed by atoms with Gasteiger partial charge in [0.25, 0.3) is 0 Å². The van der Waals surface area contributed by atoms with Gasteiger partial charge in [0.15, 0.2) is 16.2 Å². The molecule has 0 saturated carbocycles. The molecule has 90 valence electrons. The highest BCUT2D eigenvalue weighted by atomic mass is 32.1. The molecule has 0 aromatic carbocycles. The van der Waals surface area contributed by atoms with Crippen molar-refractivity contribution in [2.24, 2.45) is 0 Å². The summed E-state index contributed by atoms with van der Waals surface area (Å²) in [4.78, 5) is 16.9. The first-order chi connectivity index (χ1) is 8.24. The lowest BCUT2D eigenvalue weighted by Crippen LogP contribution is -2.31. The van der Waals surface area contributed by atoms with Gasteiger partial charge in [-0.1, -0.05) is 0 Å². The summed E-state index contributed by atoms with van der Waals surface area (Å²) >= 11 is 5.02. The number of aromatic nitrogens is 4. The van der Waals surface area contributed by atoms with E-state index in [9.17, 15) is 0 Å². The third kappa shape index (κ3) is 1.86. The van der Waals surface area contributed by atoms with Crippen LogP contribution < -0.4 is 10.6 Å². The Bertz CT molecular complexity index is 594. The fourth-order valence-electron chi connectivity index (χ4n) is 2.17. The molecule has 2 aromatic rings. The van der Waals surface area contributed by atoms with Gasteiger partial charge >= 0.3 is 0 Å². The highest BCUT2D eigenvalue weighted by molar-refractivity contribution is 7.71. The average molecular weight is 250 g/mol. The number of H-pyrrole nitrogens is 2. The summed E-state index contributed by atoms with van der Waals surface area (Å²) in [6.07, 6.45) is 3.65. The van der Waals surface area contributed by atoms with E-state index in [1.54, 1.807) is 0 Å². The Morgan fingerprint density at radius 1 is 1.12 bits per heavy atom. The molecule has 0 aliphatic carbocycles. The molecule has 0 atom stereocenters. The number of nitrogens with zero attached hydrogens (tertiary/aromatic N) is 3. The minimum atomic E-state index is 0.447. The second kappa shape index (κ2) is 3.99. The zero-order valence-electron chi connectivity index (χ0n) is 9.36. The summed E-state index contributed by atoms with van der Waals surface area (Å²) < 4.78 is 0.525. The molecule has 6 nitrogen and oxygen atoms in total. The fraction of sp³-hybridized carbons (Fsp3) is 0.500. The van der Waals surface area contributed by atoms with E-state index < -0.39 is 0 Å². The normalized spacial score (nSPS) is 16.6. The van der Waals surface area contributed by atoms with Crippen LogP contribution in [0.1, 0.15) is 19.3 Å². The van der Waals surface area contributed by atoms with E-state index in [1.807, 2.05) is 0 Å². The first kappa shape index (κ1) is 10.5. The number of nitrogen functional groups attached to an aromatic ring is 1. The topological polar surface area (TPSA) is 86.6 Å². The molecule has 3 heterocycles. The molecule has 0 amide bonds. The van der Waals surface area contributed by atoms with E-state index in [-0.39, 0.29) is 0 Å². The Labute approximate surface area is 103 Å². The molecule has 1 fully saturated rings. The van der Waals surface area contributed by atoms with Crippen molar-refractivity contribution in [3.63, 3.8) is 0 Å². The Morgan fingerprint density at radius 3 is 2.65 bits per heavy atom. The quantitative estimate of drug-likeness (QED) is 0.669. The monoisotopic (exact) mass is 250 g/mol. The molecule has 1 aliphatic heterocycles. The van der Waals surface area contributed by atoms with Crippen molar-refractivity contribution in [1.29, 1.82) is 0 Å². The summed E-state index contributed by atoms with van der Waals surface area (Å²) in [5.41, 5.74) is 7.28. The van der Waals surface area contributed by atoms with Crippen molar-refractivity contribution in [2.45, 2.75) is 19.3 Å². The van der Waals surface area contributed by atoms with Crippen LogP contribution >= 0.6 is 12.2 Å². The standard InChI is InChI=1S/C10H14N6S/c11-7-6-8(15-10(17)12-6)14-9(13-7)16-4-2-1-3-5-16/h1-5H2,(H4,11,12,13,14,15,17). The van der Waals surface area contributed by atoms with Gasteiger partial charge in [0.2, 0.25) is 5.95 Å². The van der Waals surface area contributed by atoms with Gasteiger partial charge in [-0.05, 0) is 31.5 Å². The maximum absolute atomic E-state index is 5.90. The molecule has 1 saturated heterocycles. The van der Waals surface area contributed by atoms with Crippen molar-refractivity contribution >= 4 is 35.1 Å².